The predicted molar refractivity (Wildman–Crippen MR) is 107 cm³/mol. The van der Waals surface area contributed by atoms with Gasteiger partial charge in [-0.15, -0.1) is 0 Å². The van der Waals surface area contributed by atoms with E-state index in [4.69, 9.17) is 11.6 Å². The molecule has 0 bridgehead atoms. The largest absolute Gasteiger partial charge is 0.268 e. The number of hydrogen-bond donors (Lipinski definition) is 0. The van der Waals surface area contributed by atoms with Crippen molar-refractivity contribution >= 4 is 27.3 Å². The van der Waals surface area contributed by atoms with Gasteiger partial charge in [0.05, 0.1) is 23.6 Å². The fourth-order valence-electron chi connectivity index (χ4n) is 3.64. The fourth-order valence-corrected chi connectivity index (χ4v) is 5.65. The van der Waals surface area contributed by atoms with E-state index in [1.54, 1.807) is 11.6 Å². The van der Waals surface area contributed by atoms with Crippen LogP contribution in [0.2, 0.25) is 5.02 Å². The average Bonchev–Trinajstić information content (AvgIpc) is 3.19. The van der Waals surface area contributed by atoms with E-state index in [-0.39, 0.29) is 0 Å². The lowest BCUT2D eigenvalue weighted by atomic mass is 10.2. The fraction of sp³-hybridized carbons (Fsp3) is 0.250. The summed E-state index contributed by atoms with van der Waals surface area (Å²) >= 11 is 5.94. The first kappa shape index (κ1) is 18.1. The molecular weight excluding hydrogens is 382 g/mol. The molecule has 2 aromatic carbocycles. The van der Waals surface area contributed by atoms with Gasteiger partial charge in [-0.3, -0.25) is 8.99 Å². The van der Waals surface area contributed by atoms with Crippen molar-refractivity contribution in [2.45, 2.75) is 31.7 Å². The third-order valence-electron chi connectivity index (χ3n) is 4.95. The van der Waals surface area contributed by atoms with Crippen LogP contribution in [-0.4, -0.2) is 24.7 Å². The first-order valence-electron chi connectivity index (χ1n) is 8.77. The smallest absolute Gasteiger partial charge is 0.266 e. The van der Waals surface area contributed by atoms with E-state index in [0.29, 0.717) is 34.4 Å². The summed E-state index contributed by atoms with van der Waals surface area (Å²) in [7, 11) is -3.66. The van der Waals surface area contributed by atoms with Crippen LogP contribution in [0.5, 0.6) is 0 Å². The normalized spacial score (nSPS) is 13.8. The lowest BCUT2D eigenvalue weighted by Gasteiger charge is -2.19. The number of fused-ring (bicyclic) bond motifs is 1. The molecule has 0 N–H and O–H groups in total. The quantitative estimate of drug-likeness (QED) is 0.665. The van der Waals surface area contributed by atoms with E-state index in [1.165, 1.54) is 4.31 Å². The summed E-state index contributed by atoms with van der Waals surface area (Å²) in [4.78, 5) is 0.299. The van der Waals surface area contributed by atoms with Crippen LogP contribution < -0.4 is 4.31 Å². The van der Waals surface area contributed by atoms with E-state index in [0.717, 1.165) is 23.2 Å². The minimum Gasteiger partial charge on any atom is -0.266 e. The van der Waals surface area contributed by atoms with Crippen LogP contribution in [0.25, 0.3) is 0 Å². The molecule has 140 valence electrons. The van der Waals surface area contributed by atoms with Crippen molar-refractivity contribution in [3.8, 4) is 0 Å². The number of aryl methyl sites for hydroxylation is 1. The van der Waals surface area contributed by atoms with E-state index >= 15 is 0 Å². The van der Waals surface area contributed by atoms with Crippen molar-refractivity contribution in [1.29, 1.82) is 0 Å². The van der Waals surface area contributed by atoms with Gasteiger partial charge in [-0.1, -0.05) is 41.9 Å². The van der Waals surface area contributed by atoms with Crippen LogP contribution in [0.4, 0.5) is 5.69 Å². The molecule has 27 heavy (non-hydrogen) atoms. The SMILES string of the molecule is Cc1nn(Cc2ccc(Cl)cc2)c(C)c1S(=O)(=O)N1CCc2ccccc21. The first-order valence-corrected chi connectivity index (χ1v) is 10.6. The van der Waals surface area contributed by atoms with Gasteiger partial charge in [0.15, 0.2) is 0 Å². The summed E-state index contributed by atoms with van der Waals surface area (Å²) in [5.74, 6) is 0. The summed E-state index contributed by atoms with van der Waals surface area (Å²) in [5, 5.41) is 5.17. The molecule has 7 heteroatoms. The number of aromatic nitrogens is 2. The highest BCUT2D eigenvalue weighted by molar-refractivity contribution is 7.93. The lowest BCUT2D eigenvalue weighted by molar-refractivity contribution is 0.590. The van der Waals surface area contributed by atoms with Gasteiger partial charge in [-0.25, -0.2) is 8.42 Å². The number of nitrogens with zero attached hydrogens (tertiary/aromatic N) is 3. The van der Waals surface area contributed by atoms with Crippen molar-refractivity contribution < 1.29 is 8.42 Å². The second-order valence-corrected chi connectivity index (χ2v) is 8.98. The van der Waals surface area contributed by atoms with Crippen molar-refractivity contribution in [3.63, 3.8) is 0 Å². The monoisotopic (exact) mass is 401 g/mol. The van der Waals surface area contributed by atoms with Crippen LogP contribution in [0.3, 0.4) is 0 Å². The molecule has 0 radical (unpaired) electrons. The third-order valence-corrected chi connectivity index (χ3v) is 7.27. The summed E-state index contributed by atoms with van der Waals surface area (Å²) < 4.78 is 30.1. The van der Waals surface area contributed by atoms with Gasteiger partial charge >= 0.3 is 0 Å². The molecule has 0 fully saturated rings. The van der Waals surface area contributed by atoms with Gasteiger partial charge < -0.3 is 0 Å². The molecule has 1 aromatic heterocycles. The summed E-state index contributed by atoms with van der Waals surface area (Å²) in [6.45, 7) is 4.52. The van der Waals surface area contributed by atoms with E-state index in [2.05, 4.69) is 5.10 Å². The highest BCUT2D eigenvalue weighted by Gasteiger charge is 2.34. The topological polar surface area (TPSA) is 55.2 Å². The number of halogens is 1. The molecule has 1 aliphatic rings. The highest BCUT2D eigenvalue weighted by Crippen LogP contribution is 2.34. The van der Waals surface area contributed by atoms with E-state index < -0.39 is 10.0 Å². The summed E-state index contributed by atoms with van der Waals surface area (Å²) in [5.41, 5.74) is 4.00. The Balaban J connectivity index is 1.72. The minimum atomic E-state index is -3.66. The predicted octanol–water partition coefficient (Wildman–Crippen LogP) is 3.95. The van der Waals surface area contributed by atoms with Crippen LogP contribution in [0.15, 0.2) is 53.4 Å². The second-order valence-electron chi connectivity index (χ2n) is 6.74. The van der Waals surface area contributed by atoms with Gasteiger partial charge in [0.25, 0.3) is 10.0 Å². The van der Waals surface area contributed by atoms with Crippen LogP contribution in [0, 0.1) is 13.8 Å². The summed E-state index contributed by atoms with van der Waals surface area (Å²) in [6.07, 6.45) is 0.729. The van der Waals surface area contributed by atoms with Crippen molar-refractivity contribution in [2.24, 2.45) is 0 Å². The first-order chi connectivity index (χ1) is 12.9. The average molecular weight is 402 g/mol. The molecule has 0 aliphatic carbocycles. The van der Waals surface area contributed by atoms with Crippen molar-refractivity contribution in [3.05, 3.63) is 76.1 Å². The molecule has 2 heterocycles. The molecule has 0 atom stereocenters. The lowest BCUT2D eigenvalue weighted by Crippen LogP contribution is -2.30. The van der Waals surface area contributed by atoms with Gasteiger partial charge in [0, 0.05) is 11.6 Å². The Morgan fingerprint density at radius 2 is 1.78 bits per heavy atom. The zero-order valence-corrected chi connectivity index (χ0v) is 16.8. The molecule has 0 amide bonds. The molecule has 0 saturated carbocycles. The van der Waals surface area contributed by atoms with Crippen LogP contribution in [0.1, 0.15) is 22.5 Å². The maximum atomic E-state index is 13.4. The molecule has 4 rings (SSSR count). The maximum Gasteiger partial charge on any atom is 0.268 e. The standard InChI is InChI=1S/C20H20ClN3O2S/c1-14-20(15(2)23(22-14)13-16-7-9-18(21)10-8-16)27(25,26)24-12-11-17-5-3-4-6-19(17)24/h3-10H,11-13H2,1-2H3. The number of benzene rings is 2. The van der Waals surface area contributed by atoms with Crippen molar-refractivity contribution in [1.82, 2.24) is 9.78 Å². The minimum absolute atomic E-state index is 0.299. The van der Waals surface area contributed by atoms with Crippen LogP contribution >= 0.6 is 11.6 Å². The number of para-hydroxylation sites is 1. The Morgan fingerprint density at radius 1 is 1.07 bits per heavy atom. The van der Waals surface area contributed by atoms with Gasteiger partial charge in [-0.05, 0) is 49.6 Å². The molecule has 1 aliphatic heterocycles. The third kappa shape index (κ3) is 3.13. The molecule has 0 spiro atoms. The molecular formula is C20H20ClN3O2S. The number of anilines is 1. The number of sulfonamides is 1. The Kier molecular flexibility index (Phi) is 4.48. The van der Waals surface area contributed by atoms with E-state index in [1.807, 2.05) is 55.5 Å². The Labute approximate surface area is 164 Å². The zero-order valence-electron chi connectivity index (χ0n) is 15.2. The van der Waals surface area contributed by atoms with Gasteiger partial charge in [-0.2, -0.15) is 5.10 Å². The molecule has 5 nitrogen and oxygen atoms in total. The van der Waals surface area contributed by atoms with Gasteiger partial charge in [0.1, 0.15) is 4.90 Å². The van der Waals surface area contributed by atoms with Gasteiger partial charge in [0.2, 0.25) is 0 Å². The molecule has 0 unspecified atom stereocenters. The molecule has 3 aromatic rings. The Hall–Kier alpha value is -2.31. The number of rotatable bonds is 4. The maximum absolute atomic E-state index is 13.4. The van der Waals surface area contributed by atoms with E-state index in [9.17, 15) is 8.42 Å². The summed E-state index contributed by atoms with van der Waals surface area (Å²) in [6, 6.07) is 15.1. The highest BCUT2D eigenvalue weighted by atomic mass is 35.5. The number of hydrogen-bond acceptors (Lipinski definition) is 3. The Bertz CT molecular complexity index is 1100. The van der Waals surface area contributed by atoms with Crippen LogP contribution in [-0.2, 0) is 23.0 Å². The second kappa shape index (κ2) is 6.69. The zero-order chi connectivity index (χ0) is 19.2. The van der Waals surface area contributed by atoms with Crippen molar-refractivity contribution in [2.75, 3.05) is 10.8 Å². The Morgan fingerprint density at radius 3 is 2.52 bits per heavy atom. The molecule has 0 saturated heterocycles.